The Morgan fingerprint density at radius 1 is 0.941 bits per heavy atom. The van der Waals surface area contributed by atoms with Gasteiger partial charge in [-0.3, -0.25) is 0 Å². The lowest BCUT2D eigenvalue weighted by molar-refractivity contribution is 1.54. The predicted molar refractivity (Wildman–Crippen MR) is 76.5 cm³/mol. The van der Waals surface area contributed by atoms with Crippen molar-refractivity contribution in [2.45, 2.75) is 6.92 Å². The van der Waals surface area contributed by atoms with E-state index in [0.29, 0.717) is 0 Å². The van der Waals surface area contributed by atoms with Gasteiger partial charge in [0, 0.05) is 0 Å². The molecule has 2 aromatic rings. The summed E-state index contributed by atoms with van der Waals surface area (Å²) < 4.78 is 0. The molecule has 0 N–H and O–H groups in total. The Morgan fingerprint density at radius 3 is 2.29 bits per heavy atom. The van der Waals surface area contributed by atoms with Crippen LogP contribution in [0.25, 0.3) is 17.7 Å². The van der Waals surface area contributed by atoms with E-state index in [1.165, 1.54) is 22.3 Å². The highest BCUT2D eigenvalue weighted by atomic mass is 14.0. The molecule has 0 aliphatic carbocycles. The Labute approximate surface area is 103 Å². The smallest absolute Gasteiger partial charge is 0.0155 e. The molecule has 2 aromatic carbocycles. The van der Waals surface area contributed by atoms with Crippen LogP contribution in [0.5, 0.6) is 0 Å². The quantitative estimate of drug-likeness (QED) is 0.646. The van der Waals surface area contributed by atoms with E-state index in [1.807, 2.05) is 18.2 Å². The van der Waals surface area contributed by atoms with E-state index >= 15 is 0 Å². The van der Waals surface area contributed by atoms with Crippen molar-refractivity contribution >= 4 is 17.7 Å². The van der Waals surface area contributed by atoms with Gasteiger partial charge in [0.1, 0.15) is 0 Å². The van der Waals surface area contributed by atoms with Gasteiger partial charge in [-0.1, -0.05) is 73.3 Å². The number of benzene rings is 2. The molecule has 0 nitrogen and oxygen atoms in total. The lowest BCUT2D eigenvalue weighted by Crippen LogP contribution is -1.84. The molecule has 0 radical (unpaired) electrons. The van der Waals surface area contributed by atoms with Gasteiger partial charge in [0.2, 0.25) is 0 Å². The Bertz CT molecular complexity index is 533. The van der Waals surface area contributed by atoms with E-state index in [2.05, 4.69) is 62.0 Å². The van der Waals surface area contributed by atoms with E-state index in [4.69, 9.17) is 0 Å². The van der Waals surface area contributed by atoms with Crippen molar-refractivity contribution in [2.75, 3.05) is 0 Å². The molecule has 0 unspecified atom stereocenters. The fourth-order valence-corrected chi connectivity index (χ4v) is 1.91. The van der Waals surface area contributed by atoms with Crippen LogP contribution in [0.4, 0.5) is 0 Å². The summed E-state index contributed by atoms with van der Waals surface area (Å²) in [6.45, 7) is 5.99. The first-order valence-electron chi connectivity index (χ1n) is 5.76. The standard InChI is InChI=1S/C17H16/c1-3-16-11-7-8-12-17(16)14(2)13-15-9-5-4-6-10-15/h3-13H,1H2,2H3. The van der Waals surface area contributed by atoms with Gasteiger partial charge in [-0.25, -0.2) is 0 Å². The van der Waals surface area contributed by atoms with Crippen LogP contribution in [0.3, 0.4) is 0 Å². The van der Waals surface area contributed by atoms with Gasteiger partial charge < -0.3 is 0 Å². The molecule has 0 heterocycles. The second kappa shape index (κ2) is 5.31. The van der Waals surface area contributed by atoms with Crippen molar-refractivity contribution in [1.29, 1.82) is 0 Å². The van der Waals surface area contributed by atoms with Gasteiger partial charge in [-0.2, -0.15) is 0 Å². The topological polar surface area (TPSA) is 0 Å². The van der Waals surface area contributed by atoms with Crippen molar-refractivity contribution in [3.8, 4) is 0 Å². The Morgan fingerprint density at radius 2 is 1.59 bits per heavy atom. The molecule has 0 amide bonds. The molecule has 0 aliphatic heterocycles. The molecule has 0 aliphatic rings. The second-order valence-electron chi connectivity index (χ2n) is 4.03. The Kier molecular flexibility index (Phi) is 3.56. The van der Waals surface area contributed by atoms with Crippen LogP contribution >= 0.6 is 0 Å². The summed E-state index contributed by atoms with van der Waals surface area (Å²) in [5.41, 5.74) is 4.90. The van der Waals surface area contributed by atoms with E-state index in [0.717, 1.165) is 0 Å². The largest absolute Gasteiger partial charge is 0.0984 e. The fraction of sp³-hybridized carbons (Fsp3) is 0.0588. The summed E-state index contributed by atoms with van der Waals surface area (Å²) in [7, 11) is 0. The monoisotopic (exact) mass is 220 g/mol. The molecular formula is C17H16. The van der Waals surface area contributed by atoms with Crippen LogP contribution in [-0.4, -0.2) is 0 Å². The SMILES string of the molecule is C=Cc1ccccc1C(C)=Cc1ccccc1. The van der Waals surface area contributed by atoms with E-state index in [1.54, 1.807) is 0 Å². The van der Waals surface area contributed by atoms with Gasteiger partial charge in [-0.05, 0) is 29.2 Å². The first-order valence-corrected chi connectivity index (χ1v) is 5.76. The minimum Gasteiger partial charge on any atom is -0.0984 e. The van der Waals surface area contributed by atoms with Crippen molar-refractivity contribution in [3.63, 3.8) is 0 Å². The normalized spacial score (nSPS) is 11.2. The average molecular weight is 220 g/mol. The van der Waals surface area contributed by atoms with Crippen LogP contribution in [-0.2, 0) is 0 Å². The van der Waals surface area contributed by atoms with Crippen LogP contribution in [0.2, 0.25) is 0 Å². The third-order valence-electron chi connectivity index (χ3n) is 2.79. The molecule has 17 heavy (non-hydrogen) atoms. The highest BCUT2D eigenvalue weighted by Gasteiger charge is 2.00. The molecule has 0 fully saturated rings. The number of hydrogen-bond donors (Lipinski definition) is 0. The summed E-state index contributed by atoms with van der Waals surface area (Å²) in [4.78, 5) is 0. The zero-order valence-electron chi connectivity index (χ0n) is 10.1. The summed E-state index contributed by atoms with van der Waals surface area (Å²) in [6, 6.07) is 18.7. The van der Waals surface area contributed by atoms with Gasteiger partial charge in [-0.15, -0.1) is 0 Å². The fourth-order valence-electron chi connectivity index (χ4n) is 1.91. The van der Waals surface area contributed by atoms with Gasteiger partial charge in [0.25, 0.3) is 0 Å². The Balaban J connectivity index is 2.40. The lowest BCUT2D eigenvalue weighted by atomic mass is 9.99. The summed E-state index contributed by atoms with van der Waals surface area (Å²) in [5, 5.41) is 0. The molecule has 0 saturated carbocycles. The minimum atomic E-state index is 1.18. The second-order valence-corrected chi connectivity index (χ2v) is 4.03. The average Bonchev–Trinajstić information content (AvgIpc) is 2.40. The van der Waals surface area contributed by atoms with E-state index in [9.17, 15) is 0 Å². The number of rotatable bonds is 3. The van der Waals surface area contributed by atoms with E-state index in [-0.39, 0.29) is 0 Å². The van der Waals surface area contributed by atoms with Gasteiger partial charge in [0.05, 0.1) is 0 Å². The highest BCUT2D eigenvalue weighted by molar-refractivity contribution is 5.83. The van der Waals surface area contributed by atoms with E-state index < -0.39 is 0 Å². The molecule has 0 heteroatoms. The zero-order chi connectivity index (χ0) is 12.1. The number of hydrogen-bond acceptors (Lipinski definition) is 0. The van der Waals surface area contributed by atoms with Crippen LogP contribution in [0.15, 0.2) is 61.2 Å². The zero-order valence-corrected chi connectivity index (χ0v) is 10.1. The first-order chi connectivity index (χ1) is 8.31. The van der Waals surface area contributed by atoms with Gasteiger partial charge in [0.15, 0.2) is 0 Å². The highest BCUT2D eigenvalue weighted by Crippen LogP contribution is 2.22. The van der Waals surface area contributed by atoms with Gasteiger partial charge >= 0.3 is 0 Å². The van der Waals surface area contributed by atoms with Crippen LogP contribution in [0, 0.1) is 0 Å². The molecule has 0 aromatic heterocycles. The third kappa shape index (κ3) is 2.73. The summed E-state index contributed by atoms with van der Waals surface area (Å²) >= 11 is 0. The molecule has 2 rings (SSSR count). The Hall–Kier alpha value is -2.08. The molecule has 84 valence electrons. The van der Waals surface area contributed by atoms with Crippen LogP contribution in [0.1, 0.15) is 23.6 Å². The summed E-state index contributed by atoms with van der Waals surface area (Å²) in [5.74, 6) is 0. The molecular weight excluding hydrogens is 204 g/mol. The molecule has 0 spiro atoms. The summed E-state index contributed by atoms with van der Waals surface area (Å²) in [6.07, 6.45) is 4.10. The van der Waals surface area contributed by atoms with Crippen molar-refractivity contribution < 1.29 is 0 Å². The maximum absolute atomic E-state index is 3.85. The minimum absolute atomic E-state index is 1.18. The molecule has 0 saturated heterocycles. The van der Waals surface area contributed by atoms with Crippen molar-refractivity contribution in [1.82, 2.24) is 0 Å². The van der Waals surface area contributed by atoms with Crippen molar-refractivity contribution in [2.24, 2.45) is 0 Å². The first kappa shape index (κ1) is 11.4. The van der Waals surface area contributed by atoms with Crippen molar-refractivity contribution in [3.05, 3.63) is 77.9 Å². The predicted octanol–water partition coefficient (Wildman–Crippen LogP) is 4.89. The third-order valence-corrected chi connectivity index (χ3v) is 2.79. The number of allylic oxidation sites excluding steroid dienone is 1. The maximum Gasteiger partial charge on any atom is -0.0155 e. The van der Waals surface area contributed by atoms with Crippen LogP contribution < -0.4 is 0 Å². The molecule has 0 bridgehead atoms. The maximum atomic E-state index is 3.85. The molecule has 0 atom stereocenters. The lowest BCUT2D eigenvalue weighted by Gasteiger charge is -2.06.